The maximum atomic E-state index is 13.0. The van der Waals surface area contributed by atoms with Gasteiger partial charge >= 0.3 is 5.97 Å². The number of thiophene rings is 1. The van der Waals surface area contributed by atoms with Crippen molar-refractivity contribution in [2.45, 2.75) is 78.2 Å². The number of rotatable bonds is 7. The Bertz CT molecular complexity index is 924. The van der Waals surface area contributed by atoms with E-state index in [0.29, 0.717) is 29.3 Å². The van der Waals surface area contributed by atoms with Gasteiger partial charge in [-0.25, -0.2) is 4.79 Å². The summed E-state index contributed by atoms with van der Waals surface area (Å²) in [5.41, 5.74) is 2.83. The first-order chi connectivity index (χ1) is 14.7. The first-order valence-corrected chi connectivity index (χ1v) is 12.0. The maximum Gasteiger partial charge on any atom is 0.341 e. The van der Waals surface area contributed by atoms with Crippen LogP contribution in [0.1, 0.15) is 80.2 Å². The van der Waals surface area contributed by atoms with Gasteiger partial charge in [0.15, 0.2) is 6.10 Å². The maximum absolute atomic E-state index is 13.0. The summed E-state index contributed by atoms with van der Waals surface area (Å²) in [7, 11) is 0. The SMILES string of the molecule is CCOC(=O)c1c(NC(=O)C(CC)Oc2ccc(C(C)(C)C)cc2)sc2c1CCCC2. The summed E-state index contributed by atoms with van der Waals surface area (Å²) in [6, 6.07) is 7.88. The van der Waals surface area contributed by atoms with Crippen LogP contribution in [-0.2, 0) is 27.8 Å². The van der Waals surface area contributed by atoms with Crippen molar-refractivity contribution in [1.82, 2.24) is 0 Å². The van der Waals surface area contributed by atoms with Crippen LogP contribution in [0, 0.1) is 0 Å². The molecule has 0 radical (unpaired) electrons. The number of ether oxygens (including phenoxy) is 2. The summed E-state index contributed by atoms with van der Waals surface area (Å²) < 4.78 is 11.3. The highest BCUT2D eigenvalue weighted by molar-refractivity contribution is 7.17. The van der Waals surface area contributed by atoms with Crippen LogP contribution in [0.5, 0.6) is 5.75 Å². The number of carbonyl (C=O) groups excluding carboxylic acids is 2. The quantitative estimate of drug-likeness (QED) is 0.541. The molecule has 1 amide bonds. The van der Waals surface area contributed by atoms with E-state index < -0.39 is 6.10 Å². The fourth-order valence-corrected chi connectivity index (χ4v) is 5.07. The molecule has 0 fully saturated rings. The van der Waals surface area contributed by atoms with Crippen LogP contribution >= 0.6 is 11.3 Å². The van der Waals surface area contributed by atoms with E-state index in [2.05, 4.69) is 26.1 Å². The van der Waals surface area contributed by atoms with Gasteiger partial charge in [-0.15, -0.1) is 11.3 Å². The average molecular weight is 444 g/mol. The third kappa shape index (κ3) is 5.48. The summed E-state index contributed by atoms with van der Waals surface area (Å²) in [6.45, 7) is 10.5. The minimum absolute atomic E-state index is 0.0574. The molecule has 0 saturated heterocycles. The lowest BCUT2D eigenvalue weighted by molar-refractivity contribution is -0.122. The van der Waals surface area contributed by atoms with E-state index in [1.54, 1.807) is 6.92 Å². The summed E-state index contributed by atoms with van der Waals surface area (Å²) in [6.07, 6.45) is 3.82. The predicted molar refractivity (Wildman–Crippen MR) is 125 cm³/mol. The number of hydrogen-bond acceptors (Lipinski definition) is 5. The molecule has 1 aromatic carbocycles. The summed E-state index contributed by atoms with van der Waals surface area (Å²) in [5, 5.41) is 3.55. The topological polar surface area (TPSA) is 64.6 Å². The second-order valence-corrected chi connectivity index (χ2v) is 10.0. The number of hydrogen-bond donors (Lipinski definition) is 1. The molecule has 1 N–H and O–H groups in total. The minimum Gasteiger partial charge on any atom is -0.481 e. The zero-order valence-electron chi connectivity index (χ0n) is 19.2. The molecule has 2 aromatic rings. The molecule has 1 aromatic heterocycles. The van der Waals surface area contributed by atoms with Crippen LogP contribution in [0.25, 0.3) is 0 Å². The smallest absolute Gasteiger partial charge is 0.341 e. The largest absolute Gasteiger partial charge is 0.481 e. The Balaban J connectivity index is 1.78. The van der Waals surface area contributed by atoms with Crippen LogP contribution in [0.15, 0.2) is 24.3 Å². The molecule has 6 heteroatoms. The lowest BCUT2D eigenvalue weighted by Crippen LogP contribution is -2.32. The van der Waals surface area contributed by atoms with Gasteiger partial charge in [-0.05, 0) is 67.7 Å². The zero-order valence-corrected chi connectivity index (χ0v) is 20.0. The minimum atomic E-state index is -0.644. The number of fused-ring (bicyclic) bond motifs is 1. The van der Waals surface area contributed by atoms with Gasteiger partial charge in [0, 0.05) is 4.88 Å². The van der Waals surface area contributed by atoms with Crippen LogP contribution in [0.3, 0.4) is 0 Å². The molecule has 1 aliphatic rings. The lowest BCUT2D eigenvalue weighted by Gasteiger charge is -2.21. The highest BCUT2D eigenvalue weighted by atomic mass is 32.1. The normalized spacial score (nSPS) is 14.5. The Morgan fingerprint density at radius 1 is 1.10 bits per heavy atom. The van der Waals surface area contributed by atoms with Gasteiger partial charge in [-0.2, -0.15) is 0 Å². The molecule has 0 saturated carbocycles. The van der Waals surface area contributed by atoms with Gasteiger partial charge in [-0.3, -0.25) is 4.79 Å². The first kappa shape index (κ1) is 23.3. The highest BCUT2D eigenvalue weighted by Gasteiger charge is 2.29. The Morgan fingerprint density at radius 3 is 2.39 bits per heavy atom. The number of benzene rings is 1. The van der Waals surface area contributed by atoms with Gasteiger partial charge in [0.1, 0.15) is 10.8 Å². The van der Waals surface area contributed by atoms with Gasteiger partial charge in [0.05, 0.1) is 12.2 Å². The number of carbonyl (C=O) groups is 2. The summed E-state index contributed by atoms with van der Waals surface area (Å²) >= 11 is 1.50. The average Bonchev–Trinajstić information content (AvgIpc) is 3.09. The third-order valence-corrected chi connectivity index (χ3v) is 6.76. The van der Waals surface area contributed by atoms with Crippen molar-refractivity contribution in [2.75, 3.05) is 11.9 Å². The van der Waals surface area contributed by atoms with Crippen molar-refractivity contribution in [3.63, 3.8) is 0 Å². The standard InChI is InChI=1S/C25H33NO4S/c1-6-19(30-17-14-12-16(13-15-17)25(3,4)5)22(27)26-23-21(24(28)29-7-2)18-10-8-9-11-20(18)31-23/h12-15,19H,6-11H2,1-5H3,(H,26,27). The molecule has 1 heterocycles. The molecule has 31 heavy (non-hydrogen) atoms. The van der Waals surface area contributed by atoms with E-state index in [1.807, 2.05) is 31.2 Å². The monoisotopic (exact) mass is 443 g/mol. The van der Waals surface area contributed by atoms with Gasteiger partial charge < -0.3 is 14.8 Å². The number of nitrogens with one attached hydrogen (secondary N) is 1. The Kier molecular flexibility index (Phi) is 7.42. The summed E-state index contributed by atoms with van der Waals surface area (Å²) in [5.74, 6) is 0.0570. The van der Waals surface area contributed by atoms with Crippen molar-refractivity contribution in [2.24, 2.45) is 0 Å². The van der Waals surface area contributed by atoms with Gasteiger partial charge in [0.2, 0.25) is 0 Å². The van der Waals surface area contributed by atoms with E-state index in [9.17, 15) is 9.59 Å². The van der Waals surface area contributed by atoms with Crippen LogP contribution < -0.4 is 10.1 Å². The lowest BCUT2D eigenvalue weighted by atomic mass is 9.87. The van der Waals surface area contributed by atoms with E-state index in [0.717, 1.165) is 31.2 Å². The van der Waals surface area contributed by atoms with Crippen LogP contribution in [-0.4, -0.2) is 24.6 Å². The molecule has 0 spiro atoms. The second kappa shape index (κ2) is 9.86. The van der Waals surface area contributed by atoms with Crippen molar-refractivity contribution in [3.05, 3.63) is 45.8 Å². The molecule has 3 rings (SSSR count). The first-order valence-electron chi connectivity index (χ1n) is 11.1. The summed E-state index contributed by atoms with van der Waals surface area (Å²) in [4.78, 5) is 26.8. The number of aryl methyl sites for hydroxylation is 1. The Morgan fingerprint density at radius 2 is 1.77 bits per heavy atom. The molecule has 0 bridgehead atoms. The van der Waals surface area contributed by atoms with Crippen molar-refractivity contribution < 1.29 is 19.1 Å². The van der Waals surface area contributed by atoms with Gasteiger partial charge in [-0.1, -0.05) is 39.8 Å². The van der Waals surface area contributed by atoms with E-state index in [1.165, 1.54) is 21.8 Å². The molecule has 0 aliphatic heterocycles. The van der Waals surface area contributed by atoms with Crippen LogP contribution in [0.2, 0.25) is 0 Å². The van der Waals surface area contributed by atoms with E-state index in [-0.39, 0.29) is 17.3 Å². The van der Waals surface area contributed by atoms with E-state index >= 15 is 0 Å². The fraction of sp³-hybridized carbons (Fsp3) is 0.520. The molecular formula is C25H33NO4S. The highest BCUT2D eigenvalue weighted by Crippen LogP contribution is 2.38. The molecule has 1 atom stereocenters. The second-order valence-electron chi connectivity index (χ2n) is 8.91. The Labute approximate surface area is 189 Å². The predicted octanol–water partition coefficient (Wildman–Crippen LogP) is 5.90. The van der Waals surface area contributed by atoms with E-state index in [4.69, 9.17) is 9.47 Å². The van der Waals surface area contributed by atoms with Gasteiger partial charge in [0.25, 0.3) is 5.91 Å². The number of amides is 1. The molecule has 5 nitrogen and oxygen atoms in total. The fourth-order valence-electron chi connectivity index (χ4n) is 3.79. The Hall–Kier alpha value is -2.34. The molecular weight excluding hydrogens is 410 g/mol. The third-order valence-electron chi connectivity index (χ3n) is 5.55. The molecule has 168 valence electrons. The van der Waals surface area contributed by atoms with Crippen molar-refractivity contribution in [1.29, 1.82) is 0 Å². The van der Waals surface area contributed by atoms with Crippen molar-refractivity contribution >= 4 is 28.2 Å². The number of esters is 1. The molecule has 1 aliphatic carbocycles. The zero-order chi connectivity index (χ0) is 22.6. The van der Waals surface area contributed by atoms with Crippen molar-refractivity contribution in [3.8, 4) is 5.75 Å². The van der Waals surface area contributed by atoms with Crippen LogP contribution in [0.4, 0.5) is 5.00 Å². The number of anilines is 1. The molecule has 1 unspecified atom stereocenters.